The number of likely N-dealkylation sites (tertiary alicyclic amines) is 1. The largest absolute Gasteiger partial charge is 0.338 e. The molecule has 1 aromatic heterocycles. The summed E-state index contributed by atoms with van der Waals surface area (Å²) < 4.78 is 0. The Bertz CT molecular complexity index is 779. The number of pyridine rings is 1. The van der Waals surface area contributed by atoms with Crippen LogP contribution < -0.4 is 10.9 Å². The Morgan fingerprint density at radius 2 is 2.00 bits per heavy atom. The van der Waals surface area contributed by atoms with Gasteiger partial charge in [0.1, 0.15) is 0 Å². The van der Waals surface area contributed by atoms with Gasteiger partial charge in [0.05, 0.1) is 6.42 Å². The number of carbonyl (C=O) groups excluding carboxylic acids is 1. The summed E-state index contributed by atoms with van der Waals surface area (Å²) in [5.74, 6) is 0.598. The first kappa shape index (κ1) is 18.1. The lowest BCUT2D eigenvalue weighted by molar-refractivity contribution is -0.135. The van der Waals surface area contributed by atoms with E-state index in [0.717, 1.165) is 31.5 Å². The molecule has 2 aliphatic rings. The number of nitrogens with one attached hydrogen (secondary N) is 2. The maximum Gasteiger partial charge on any atom is 0.227 e. The van der Waals surface area contributed by atoms with Crippen LogP contribution in [0.2, 0.25) is 0 Å². The van der Waals surface area contributed by atoms with E-state index in [0.29, 0.717) is 12.3 Å². The van der Waals surface area contributed by atoms with Gasteiger partial charge in [0.15, 0.2) is 0 Å². The first-order chi connectivity index (χ1) is 13.2. The van der Waals surface area contributed by atoms with Crippen molar-refractivity contribution in [1.82, 2.24) is 20.7 Å². The first-order valence-corrected chi connectivity index (χ1v) is 9.96. The summed E-state index contributed by atoms with van der Waals surface area (Å²) in [5, 5.41) is 0. The molecule has 0 bridgehead atoms. The summed E-state index contributed by atoms with van der Waals surface area (Å²) in [6.07, 6.45) is 7.53. The Hall–Kier alpha value is -2.24. The molecule has 5 nitrogen and oxygen atoms in total. The highest BCUT2D eigenvalue weighted by atomic mass is 16.2. The maximum absolute atomic E-state index is 13.2. The third-order valence-electron chi connectivity index (χ3n) is 6.05. The van der Waals surface area contributed by atoms with Gasteiger partial charge in [-0.05, 0) is 55.0 Å². The number of rotatable bonds is 4. The Morgan fingerprint density at radius 1 is 1.19 bits per heavy atom. The first-order valence-electron chi connectivity index (χ1n) is 9.96. The highest BCUT2D eigenvalue weighted by molar-refractivity contribution is 5.79. The zero-order valence-corrected chi connectivity index (χ0v) is 15.9. The molecule has 4 rings (SSSR count). The highest BCUT2D eigenvalue weighted by Gasteiger charge is 2.40. The second-order valence-electron chi connectivity index (χ2n) is 7.69. The average Bonchev–Trinajstić information content (AvgIpc) is 3.20. The molecule has 3 heterocycles. The average molecular weight is 364 g/mol. The van der Waals surface area contributed by atoms with Crippen molar-refractivity contribution in [2.24, 2.45) is 0 Å². The van der Waals surface area contributed by atoms with Crippen LogP contribution in [0.25, 0.3) is 0 Å². The molecule has 142 valence electrons. The predicted octanol–water partition coefficient (Wildman–Crippen LogP) is 2.57. The molecule has 2 fully saturated rings. The minimum absolute atomic E-state index is 0.225. The summed E-state index contributed by atoms with van der Waals surface area (Å²) in [7, 11) is 0. The number of aromatic nitrogens is 1. The van der Waals surface area contributed by atoms with Crippen LogP contribution in [0.1, 0.15) is 41.9 Å². The smallest absolute Gasteiger partial charge is 0.227 e. The van der Waals surface area contributed by atoms with E-state index in [9.17, 15) is 4.79 Å². The Kier molecular flexibility index (Phi) is 5.50. The quantitative estimate of drug-likeness (QED) is 0.876. The fourth-order valence-electron chi connectivity index (χ4n) is 4.53. The molecular formula is C22H28N4O. The number of hydrazine groups is 1. The molecule has 3 unspecified atom stereocenters. The number of aryl methyl sites for hydroxylation is 1. The SMILES string of the molecule is Cc1ccccc1CC(=O)N1CCCCC1C1NNCC1c1ccncc1. The van der Waals surface area contributed by atoms with E-state index < -0.39 is 0 Å². The number of nitrogens with zero attached hydrogens (tertiary/aromatic N) is 2. The van der Waals surface area contributed by atoms with Crippen molar-refractivity contribution < 1.29 is 4.79 Å². The number of hydrogen-bond acceptors (Lipinski definition) is 4. The molecule has 2 aliphatic heterocycles. The summed E-state index contributed by atoms with van der Waals surface area (Å²) in [4.78, 5) is 19.5. The molecule has 0 spiro atoms. The molecule has 3 atom stereocenters. The molecule has 27 heavy (non-hydrogen) atoms. The van der Waals surface area contributed by atoms with Crippen molar-refractivity contribution in [3.63, 3.8) is 0 Å². The van der Waals surface area contributed by atoms with Crippen LogP contribution in [0, 0.1) is 6.92 Å². The molecule has 5 heteroatoms. The van der Waals surface area contributed by atoms with E-state index in [1.54, 1.807) is 0 Å². The third-order valence-corrected chi connectivity index (χ3v) is 6.05. The van der Waals surface area contributed by atoms with Crippen molar-refractivity contribution in [2.45, 2.75) is 50.6 Å². The number of hydrogen-bond donors (Lipinski definition) is 2. The van der Waals surface area contributed by atoms with Crippen molar-refractivity contribution in [3.05, 3.63) is 65.5 Å². The zero-order chi connectivity index (χ0) is 18.6. The summed E-state index contributed by atoms with van der Waals surface area (Å²) in [6, 6.07) is 12.8. The van der Waals surface area contributed by atoms with Gasteiger partial charge in [-0.2, -0.15) is 0 Å². The van der Waals surface area contributed by atoms with Crippen molar-refractivity contribution in [3.8, 4) is 0 Å². The van der Waals surface area contributed by atoms with E-state index in [4.69, 9.17) is 0 Å². The maximum atomic E-state index is 13.2. The van der Waals surface area contributed by atoms with Crippen LogP contribution in [0.5, 0.6) is 0 Å². The van der Waals surface area contributed by atoms with E-state index in [-0.39, 0.29) is 18.0 Å². The van der Waals surface area contributed by atoms with E-state index in [1.807, 2.05) is 24.5 Å². The van der Waals surface area contributed by atoms with E-state index >= 15 is 0 Å². The van der Waals surface area contributed by atoms with Gasteiger partial charge in [-0.15, -0.1) is 0 Å². The van der Waals surface area contributed by atoms with Gasteiger partial charge >= 0.3 is 0 Å². The Morgan fingerprint density at radius 3 is 2.81 bits per heavy atom. The van der Waals surface area contributed by atoms with Gasteiger partial charge in [-0.1, -0.05) is 24.3 Å². The molecule has 0 radical (unpaired) electrons. The molecule has 1 amide bonds. The summed E-state index contributed by atoms with van der Waals surface area (Å²) >= 11 is 0. The number of benzene rings is 1. The fourth-order valence-corrected chi connectivity index (χ4v) is 4.53. The Labute approximate surface area is 161 Å². The van der Waals surface area contributed by atoms with Crippen LogP contribution in [-0.2, 0) is 11.2 Å². The molecule has 2 N–H and O–H groups in total. The number of piperidine rings is 1. The second-order valence-corrected chi connectivity index (χ2v) is 7.69. The van der Waals surface area contributed by atoms with Crippen molar-refractivity contribution in [1.29, 1.82) is 0 Å². The molecule has 0 aliphatic carbocycles. The predicted molar refractivity (Wildman–Crippen MR) is 106 cm³/mol. The van der Waals surface area contributed by atoms with E-state index in [1.165, 1.54) is 17.5 Å². The summed E-state index contributed by atoms with van der Waals surface area (Å²) in [6.45, 7) is 3.82. The van der Waals surface area contributed by atoms with Gasteiger partial charge in [-0.25, -0.2) is 0 Å². The van der Waals surface area contributed by atoms with Crippen LogP contribution >= 0.6 is 0 Å². The molecular weight excluding hydrogens is 336 g/mol. The molecule has 2 aromatic rings. The molecule has 0 saturated carbocycles. The Balaban J connectivity index is 1.53. The van der Waals surface area contributed by atoms with Gasteiger partial charge in [-0.3, -0.25) is 20.6 Å². The van der Waals surface area contributed by atoms with Crippen molar-refractivity contribution in [2.75, 3.05) is 13.1 Å². The number of amides is 1. The fraction of sp³-hybridized carbons (Fsp3) is 0.455. The minimum atomic E-state index is 0.225. The number of carbonyl (C=O) groups is 1. The zero-order valence-electron chi connectivity index (χ0n) is 15.9. The van der Waals surface area contributed by atoms with Gasteiger partial charge in [0.25, 0.3) is 0 Å². The highest BCUT2D eigenvalue weighted by Crippen LogP contribution is 2.31. The summed E-state index contributed by atoms with van der Waals surface area (Å²) in [5.41, 5.74) is 10.4. The topological polar surface area (TPSA) is 57.3 Å². The standard InChI is InChI=1S/C22H28N4O/c1-16-6-2-3-7-18(16)14-21(27)26-13-5-4-8-20(26)22-19(15-24-25-22)17-9-11-23-12-10-17/h2-3,6-7,9-12,19-20,22,24-25H,4-5,8,13-15H2,1H3. The molecule has 1 aromatic carbocycles. The van der Waals surface area contributed by atoms with E-state index in [2.05, 4.69) is 51.9 Å². The monoisotopic (exact) mass is 364 g/mol. The normalized spacial score (nSPS) is 25.5. The van der Waals surface area contributed by atoms with Crippen LogP contribution in [0.4, 0.5) is 0 Å². The lowest BCUT2D eigenvalue weighted by Crippen LogP contribution is -2.55. The molecule has 2 saturated heterocycles. The lowest BCUT2D eigenvalue weighted by Gasteiger charge is -2.41. The van der Waals surface area contributed by atoms with Crippen LogP contribution in [0.15, 0.2) is 48.8 Å². The van der Waals surface area contributed by atoms with Crippen LogP contribution in [0.3, 0.4) is 0 Å². The lowest BCUT2D eigenvalue weighted by atomic mass is 9.84. The van der Waals surface area contributed by atoms with Gasteiger partial charge in [0.2, 0.25) is 5.91 Å². The third kappa shape index (κ3) is 3.89. The minimum Gasteiger partial charge on any atom is -0.338 e. The van der Waals surface area contributed by atoms with Crippen LogP contribution in [-0.4, -0.2) is 41.0 Å². The van der Waals surface area contributed by atoms with Gasteiger partial charge in [0, 0.05) is 43.5 Å². The van der Waals surface area contributed by atoms with Gasteiger partial charge < -0.3 is 4.90 Å². The van der Waals surface area contributed by atoms with Crippen molar-refractivity contribution >= 4 is 5.91 Å². The second kappa shape index (κ2) is 8.19.